The van der Waals surface area contributed by atoms with E-state index < -0.39 is 5.41 Å². The van der Waals surface area contributed by atoms with Crippen LogP contribution in [0.15, 0.2) is 60.7 Å². The normalized spacial score (nSPS) is 15.0. The Bertz CT molecular complexity index is 1270. The van der Waals surface area contributed by atoms with Gasteiger partial charge in [-0.3, -0.25) is 4.79 Å². The minimum Gasteiger partial charge on any atom is -0.454 e. The van der Waals surface area contributed by atoms with E-state index in [0.29, 0.717) is 6.42 Å². The van der Waals surface area contributed by atoms with Crippen molar-refractivity contribution in [3.63, 3.8) is 0 Å². The first kappa shape index (κ1) is 22.0. The number of urea groups is 1. The van der Waals surface area contributed by atoms with Crippen molar-refractivity contribution in [2.75, 3.05) is 26.2 Å². The highest BCUT2D eigenvalue weighted by atomic mass is 16.7. The zero-order chi connectivity index (χ0) is 23.9. The molecule has 1 aliphatic carbocycles. The van der Waals surface area contributed by atoms with Gasteiger partial charge in [-0.2, -0.15) is 0 Å². The molecule has 0 radical (unpaired) electrons. The van der Waals surface area contributed by atoms with Crippen molar-refractivity contribution in [3.05, 3.63) is 77.4 Å². The summed E-state index contributed by atoms with van der Waals surface area (Å²) in [4.78, 5) is 26.8. The van der Waals surface area contributed by atoms with Crippen molar-refractivity contribution < 1.29 is 20.5 Å². The van der Waals surface area contributed by atoms with Crippen molar-refractivity contribution in [1.29, 1.82) is 0 Å². The largest absolute Gasteiger partial charge is 0.454 e. The van der Waals surface area contributed by atoms with Crippen LogP contribution in [0.1, 0.15) is 31.0 Å². The molecule has 1 fully saturated rings. The van der Waals surface area contributed by atoms with Crippen LogP contribution in [0.5, 0.6) is 11.5 Å². The van der Waals surface area contributed by atoms with Gasteiger partial charge in [0.1, 0.15) is 5.78 Å². The van der Waals surface area contributed by atoms with Gasteiger partial charge >= 0.3 is 6.03 Å². The minimum absolute atomic E-state index is 0. The van der Waals surface area contributed by atoms with Gasteiger partial charge < -0.3 is 19.7 Å². The lowest BCUT2D eigenvalue weighted by Gasteiger charge is -2.16. The van der Waals surface area contributed by atoms with E-state index in [0.717, 1.165) is 57.8 Å². The molecule has 3 aromatic rings. The molecule has 176 valence electrons. The summed E-state index contributed by atoms with van der Waals surface area (Å²) in [5.74, 6) is 1.70. The van der Waals surface area contributed by atoms with Gasteiger partial charge in [0, 0.05) is 27.6 Å². The lowest BCUT2D eigenvalue weighted by Crippen LogP contribution is -2.27. The fourth-order valence-corrected chi connectivity index (χ4v) is 4.46. The number of aryl methyl sites for hydroxylation is 1. The number of anilines is 1. The number of ether oxygens (including phenoxy) is 2. The Balaban J connectivity index is 0.00000289. The Hall–Kier alpha value is -3.80. The maximum absolute atomic E-state index is 13.4. The summed E-state index contributed by atoms with van der Waals surface area (Å²) < 4.78 is 10.9. The first-order valence-electron chi connectivity index (χ1n) is 11.5. The van der Waals surface area contributed by atoms with Gasteiger partial charge in [0.25, 0.3) is 0 Å². The number of carbonyl (C=O) groups is 2. The average Bonchev–Trinajstić information content (AvgIpc) is 3.51. The summed E-state index contributed by atoms with van der Waals surface area (Å²) in [6.45, 7) is 2.30. The Morgan fingerprint density at radius 2 is 1.71 bits per heavy atom. The summed E-state index contributed by atoms with van der Waals surface area (Å²) in [6, 6.07) is 19.7. The van der Waals surface area contributed by atoms with Crippen molar-refractivity contribution in [2.45, 2.75) is 31.6 Å². The maximum atomic E-state index is 13.4. The van der Waals surface area contributed by atoms with E-state index in [1.807, 2.05) is 48.5 Å². The minimum atomic E-state index is -0.418. The number of carbonyl (C=O) groups excluding carboxylic acids is 2. The molecular weight excluding hydrogens is 428 g/mol. The van der Waals surface area contributed by atoms with E-state index in [9.17, 15) is 9.59 Å². The smallest absolute Gasteiger partial charge is 0.321 e. The molecule has 5 rings (SSSR count). The van der Waals surface area contributed by atoms with Crippen LogP contribution >= 0.6 is 0 Å². The van der Waals surface area contributed by atoms with Gasteiger partial charge in [0.05, 0.1) is 5.41 Å². The number of hydrogen-bond acceptors (Lipinski definition) is 4. The molecule has 0 spiro atoms. The van der Waals surface area contributed by atoms with Crippen LogP contribution in [-0.4, -0.2) is 37.6 Å². The van der Waals surface area contributed by atoms with E-state index in [1.165, 1.54) is 4.90 Å². The maximum Gasteiger partial charge on any atom is 0.321 e. The first-order chi connectivity index (χ1) is 16.4. The topological polar surface area (TPSA) is 67.9 Å². The second kappa shape index (κ2) is 8.52. The van der Waals surface area contributed by atoms with Crippen LogP contribution in [0.4, 0.5) is 10.5 Å². The Kier molecular flexibility index (Phi) is 5.52. The highest BCUT2D eigenvalue weighted by Crippen LogP contribution is 2.51. The van der Waals surface area contributed by atoms with Crippen molar-refractivity contribution in [3.8, 4) is 22.6 Å². The third-order valence-electron chi connectivity index (χ3n) is 6.73. The zero-order valence-corrected chi connectivity index (χ0v) is 19.7. The Morgan fingerprint density at radius 1 is 0.971 bits per heavy atom. The van der Waals surface area contributed by atoms with Gasteiger partial charge in [-0.1, -0.05) is 36.4 Å². The van der Waals surface area contributed by atoms with Crippen LogP contribution in [0.2, 0.25) is 0 Å². The molecule has 0 aromatic heterocycles. The van der Waals surface area contributed by atoms with E-state index in [1.54, 1.807) is 14.1 Å². The van der Waals surface area contributed by atoms with Crippen LogP contribution in [0, 0.1) is 6.92 Å². The number of fused-ring (bicyclic) bond motifs is 1. The molecule has 1 aliphatic heterocycles. The Morgan fingerprint density at radius 3 is 2.41 bits per heavy atom. The second-order valence-corrected chi connectivity index (χ2v) is 9.30. The molecular formula is C28H30N2O4. The molecule has 1 saturated carbocycles. The molecule has 2 aliphatic rings. The van der Waals surface area contributed by atoms with Gasteiger partial charge in [0.15, 0.2) is 11.5 Å². The molecule has 0 saturated heterocycles. The number of ketones is 1. The number of Topliss-reactive ketones (excluding diaryl/α,β-unsaturated/α-hetero) is 1. The van der Waals surface area contributed by atoms with Gasteiger partial charge in [-0.25, -0.2) is 4.79 Å². The molecule has 0 unspecified atom stereocenters. The van der Waals surface area contributed by atoms with E-state index in [-0.39, 0.29) is 20.0 Å². The lowest BCUT2D eigenvalue weighted by molar-refractivity contribution is -0.120. The third kappa shape index (κ3) is 4.12. The molecule has 3 aromatic carbocycles. The van der Waals surface area contributed by atoms with E-state index in [2.05, 4.69) is 24.4 Å². The standard InChI is InChI=1S/C28H28N2O4.H2/c1-18-4-5-19(14-23(18)20-6-9-22(10-7-20)29-27(32)30(2)3)15-26(31)28(12-13-28)21-8-11-24-25(16-21)34-17-33-24;/h4-11,14,16H,12-13,15,17H2,1-3H3,(H,29,32);1H. The van der Waals surface area contributed by atoms with Gasteiger partial charge in [0.2, 0.25) is 6.79 Å². The number of rotatable bonds is 6. The molecule has 1 N–H and O–H groups in total. The summed E-state index contributed by atoms with van der Waals surface area (Å²) in [5.41, 5.74) is 5.62. The summed E-state index contributed by atoms with van der Waals surface area (Å²) in [7, 11) is 3.41. The van der Waals surface area contributed by atoms with Gasteiger partial charge in [-0.15, -0.1) is 0 Å². The van der Waals surface area contributed by atoms with Gasteiger partial charge in [-0.05, 0) is 71.8 Å². The Labute approximate surface area is 201 Å². The summed E-state index contributed by atoms with van der Waals surface area (Å²) in [5, 5.41) is 2.85. The fourth-order valence-electron chi connectivity index (χ4n) is 4.46. The average molecular weight is 459 g/mol. The molecule has 34 heavy (non-hydrogen) atoms. The van der Waals surface area contributed by atoms with Crippen LogP contribution in [-0.2, 0) is 16.6 Å². The molecule has 1 heterocycles. The van der Waals surface area contributed by atoms with Crippen LogP contribution < -0.4 is 14.8 Å². The van der Waals surface area contributed by atoms with Crippen molar-refractivity contribution in [2.24, 2.45) is 0 Å². The molecule has 6 nitrogen and oxygen atoms in total. The summed E-state index contributed by atoms with van der Waals surface area (Å²) in [6.07, 6.45) is 2.12. The highest BCUT2D eigenvalue weighted by molar-refractivity contribution is 5.95. The zero-order valence-electron chi connectivity index (χ0n) is 19.7. The van der Waals surface area contributed by atoms with E-state index in [4.69, 9.17) is 9.47 Å². The predicted molar refractivity (Wildman–Crippen MR) is 134 cm³/mol. The van der Waals surface area contributed by atoms with Crippen LogP contribution in [0.3, 0.4) is 0 Å². The quantitative estimate of drug-likeness (QED) is 0.524. The number of benzene rings is 3. The predicted octanol–water partition coefficient (Wildman–Crippen LogP) is 5.57. The number of nitrogens with one attached hydrogen (secondary N) is 1. The molecule has 2 amide bonds. The SMILES string of the molecule is Cc1ccc(CC(=O)C2(c3ccc4c(c3)OCO4)CC2)cc1-c1ccc(NC(=O)N(C)C)cc1.[HH]. The third-order valence-corrected chi connectivity index (χ3v) is 6.73. The van der Waals surface area contributed by atoms with Crippen molar-refractivity contribution in [1.82, 2.24) is 4.90 Å². The lowest BCUT2D eigenvalue weighted by atomic mass is 9.87. The number of amides is 2. The monoisotopic (exact) mass is 458 g/mol. The molecule has 0 atom stereocenters. The summed E-state index contributed by atoms with van der Waals surface area (Å²) >= 11 is 0. The first-order valence-corrected chi connectivity index (χ1v) is 11.5. The molecule has 6 heteroatoms. The van der Waals surface area contributed by atoms with Crippen LogP contribution in [0.25, 0.3) is 11.1 Å². The molecule has 0 bridgehead atoms. The second-order valence-electron chi connectivity index (χ2n) is 9.30. The fraction of sp³-hybridized carbons (Fsp3) is 0.286. The highest BCUT2D eigenvalue weighted by Gasteiger charge is 2.50. The number of hydrogen-bond donors (Lipinski definition) is 1. The number of nitrogens with zero attached hydrogens (tertiary/aromatic N) is 1. The van der Waals surface area contributed by atoms with Crippen molar-refractivity contribution >= 4 is 17.5 Å². The van der Waals surface area contributed by atoms with E-state index >= 15 is 0 Å².